The van der Waals surface area contributed by atoms with E-state index in [4.69, 9.17) is 9.26 Å². The van der Waals surface area contributed by atoms with Crippen LogP contribution >= 0.6 is 0 Å². The highest BCUT2D eigenvalue weighted by Gasteiger charge is 2.73. The highest BCUT2D eigenvalue weighted by atomic mass is 19.4. The molecule has 41 heavy (non-hydrogen) atoms. The van der Waals surface area contributed by atoms with Gasteiger partial charge in [0.2, 0.25) is 0 Å². The van der Waals surface area contributed by atoms with Crippen LogP contribution in [0.1, 0.15) is 111 Å². The minimum Gasteiger partial charge on any atom is -0.456 e. The van der Waals surface area contributed by atoms with E-state index >= 15 is 0 Å². The highest BCUT2D eigenvalue weighted by Crippen LogP contribution is 2.76. The SMILES string of the molecule is CC1(C)CCC2(C(=O)OCC(F)(F)F)CC[C@]3(C)C(C(=O)CC4[C@@]5(C)Cc6cnoc6C(C)(C)C5CC[C@]43C)[C@H]2C1. The summed E-state index contributed by atoms with van der Waals surface area (Å²) in [6, 6.07) is 0. The van der Waals surface area contributed by atoms with Crippen LogP contribution in [0.3, 0.4) is 0 Å². The largest absolute Gasteiger partial charge is 0.456 e. The first-order valence-electron chi connectivity index (χ1n) is 15.5. The molecule has 1 aromatic rings. The molecule has 8 heteroatoms. The molecule has 5 aliphatic rings. The summed E-state index contributed by atoms with van der Waals surface area (Å²) in [5.41, 5.74) is -0.812. The zero-order valence-electron chi connectivity index (χ0n) is 25.7. The van der Waals surface area contributed by atoms with E-state index < -0.39 is 24.2 Å². The molecule has 4 fully saturated rings. The number of alkyl halides is 3. The molecule has 4 saturated carbocycles. The predicted molar refractivity (Wildman–Crippen MR) is 147 cm³/mol. The maximum absolute atomic E-state index is 14.6. The summed E-state index contributed by atoms with van der Waals surface area (Å²) in [6.45, 7) is 14.3. The predicted octanol–water partition coefficient (Wildman–Crippen LogP) is 7.85. The third-order valence-electron chi connectivity index (χ3n) is 13.7. The fourth-order valence-electron chi connectivity index (χ4n) is 11.6. The van der Waals surface area contributed by atoms with E-state index in [1.807, 2.05) is 6.20 Å². The number of carbonyl (C=O) groups excluding carboxylic acids is 2. The average molecular weight is 578 g/mol. The molecular weight excluding hydrogens is 531 g/mol. The van der Waals surface area contributed by atoms with E-state index in [2.05, 4.69) is 53.6 Å². The van der Waals surface area contributed by atoms with E-state index in [9.17, 15) is 22.8 Å². The number of halogens is 3. The number of esters is 1. The quantitative estimate of drug-likeness (QED) is 0.335. The van der Waals surface area contributed by atoms with Crippen molar-refractivity contribution in [2.24, 2.45) is 50.7 Å². The average Bonchev–Trinajstić information content (AvgIpc) is 3.32. The molecule has 0 spiro atoms. The summed E-state index contributed by atoms with van der Waals surface area (Å²) in [4.78, 5) is 28.2. The van der Waals surface area contributed by atoms with Gasteiger partial charge in [-0.3, -0.25) is 9.59 Å². The summed E-state index contributed by atoms with van der Waals surface area (Å²) in [6.07, 6.45) is 3.54. The Morgan fingerprint density at radius 3 is 2.37 bits per heavy atom. The Morgan fingerprint density at radius 2 is 1.68 bits per heavy atom. The third-order valence-corrected chi connectivity index (χ3v) is 13.7. The van der Waals surface area contributed by atoms with Crippen molar-refractivity contribution in [1.29, 1.82) is 0 Å². The van der Waals surface area contributed by atoms with Crippen LogP contribution in [0.4, 0.5) is 13.2 Å². The molecule has 4 unspecified atom stereocenters. The summed E-state index contributed by atoms with van der Waals surface area (Å²) < 4.78 is 50.1. The van der Waals surface area contributed by atoms with E-state index in [0.717, 1.165) is 37.0 Å². The molecule has 5 nitrogen and oxygen atoms in total. The van der Waals surface area contributed by atoms with Crippen LogP contribution in [0.2, 0.25) is 0 Å². The molecule has 0 aliphatic heterocycles. The van der Waals surface area contributed by atoms with Crippen molar-refractivity contribution in [3.63, 3.8) is 0 Å². The second-order valence-corrected chi connectivity index (χ2v) is 16.5. The van der Waals surface area contributed by atoms with Crippen molar-refractivity contribution in [2.75, 3.05) is 6.61 Å². The van der Waals surface area contributed by atoms with Gasteiger partial charge in [-0.25, -0.2) is 0 Å². The maximum atomic E-state index is 14.6. The van der Waals surface area contributed by atoms with Gasteiger partial charge in [0.05, 0.1) is 11.6 Å². The van der Waals surface area contributed by atoms with Crippen LogP contribution < -0.4 is 0 Å². The number of hydrogen-bond donors (Lipinski definition) is 0. The number of carbonyl (C=O) groups is 2. The van der Waals surface area contributed by atoms with Crippen LogP contribution in [0, 0.1) is 50.7 Å². The number of rotatable bonds is 2. The lowest BCUT2D eigenvalue weighted by Crippen LogP contribution is -2.69. The van der Waals surface area contributed by atoms with Crippen molar-refractivity contribution in [3.05, 3.63) is 17.5 Å². The van der Waals surface area contributed by atoms with E-state index in [-0.39, 0.29) is 50.6 Å². The van der Waals surface area contributed by atoms with E-state index in [0.29, 0.717) is 38.0 Å². The number of ether oxygens (including phenoxy) is 1. The molecule has 0 saturated heterocycles. The molecule has 0 amide bonds. The third kappa shape index (κ3) is 3.89. The van der Waals surface area contributed by atoms with Crippen LogP contribution in [0.25, 0.3) is 0 Å². The number of Topliss-reactive ketones (excluding diaryl/α,β-unsaturated/α-hetero) is 1. The van der Waals surface area contributed by atoms with E-state index in [1.54, 1.807) is 0 Å². The molecule has 6 rings (SSSR count). The minimum absolute atomic E-state index is 0.101. The van der Waals surface area contributed by atoms with Gasteiger partial charge in [0.25, 0.3) is 0 Å². The molecule has 1 aromatic heterocycles. The monoisotopic (exact) mass is 577 g/mol. The van der Waals surface area contributed by atoms with Crippen molar-refractivity contribution in [2.45, 2.75) is 118 Å². The standard InChI is InChI=1S/C33H46F3NO4/c1-27(2)10-12-32(26(39)40-18-33(34,35)36)13-11-31(7)24(20(32)16-27)21(38)14-23-29(5)15-19-17-37-41-25(19)28(3,4)22(29)8-9-30(23,31)6/h17,20,22-24H,8-16,18H2,1-7H3/t20-,22?,23?,24?,29+,30-,31-,32?/m1/s1. The molecule has 8 atom stereocenters. The second kappa shape index (κ2) is 8.62. The first kappa shape index (κ1) is 29.2. The normalized spacial score (nSPS) is 44.5. The Kier molecular flexibility index (Phi) is 6.14. The fourth-order valence-corrected chi connectivity index (χ4v) is 11.6. The first-order valence-corrected chi connectivity index (χ1v) is 15.5. The van der Waals surface area contributed by atoms with Crippen LogP contribution in [-0.4, -0.2) is 29.7 Å². The molecule has 0 bridgehead atoms. The van der Waals surface area contributed by atoms with Crippen LogP contribution in [0.15, 0.2) is 10.7 Å². The van der Waals surface area contributed by atoms with E-state index in [1.165, 1.54) is 0 Å². The summed E-state index contributed by atoms with van der Waals surface area (Å²) in [5.74, 6) is 0.246. The van der Waals surface area contributed by atoms with Gasteiger partial charge in [0.1, 0.15) is 11.5 Å². The molecule has 0 aromatic carbocycles. The smallest absolute Gasteiger partial charge is 0.422 e. The van der Waals surface area contributed by atoms with Gasteiger partial charge in [-0.1, -0.05) is 53.6 Å². The molecule has 0 N–H and O–H groups in total. The Morgan fingerprint density at radius 1 is 1.00 bits per heavy atom. The Balaban J connectivity index is 1.41. The van der Waals surface area contributed by atoms with Gasteiger partial charge in [-0.2, -0.15) is 13.2 Å². The van der Waals surface area contributed by atoms with Crippen molar-refractivity contribution in [3.8, 4) is 0 Å². The maximum Gasteiger partial charge on any atom is 0.422 e. The number of ketones is 1. The summed E-state index contributed by atoms with van der Waals surface area (Å²) >= 11 is 0. The summed E-state index contributed by atoms with van der Waals surface area (Å²) in [5, 5.41) is 4.16. The highest BCUT2D eigenvalue weighted by molar-refractivity contribution is 5.87. The fraction of sp³-hybridized carbons (Fsp3) is 0.848. The van der Waals surface area contributed by atoms with Gasteiger partial charge in [-0.15, -0.1) is 0 Å². The van der Waals surface area contributed by atoms with Crippen molar-refractivity contribution >= 4 is 11.8 Å². The van der Waals surface area contributed by atoms with Gasteiger partial charge in [-0.05, 0) is 90.8 Å². The number of nitrogens with zero attached hydrogens (tertiary/aromatic N) is 1. The molecular formula is C33H46F3NO4. The Labute approximate surface area is 241 Å². The lowest BCUT2D eigenvalue weighted by atomic mass is 9.31. The van der Waals surface area contributed by atoms with Gasteiger partial charge >= 0.3 is 12.1 Å². The first-order chi connectivity index (χ1) is 18.8. The van der Waals surface area contributed by atoms with Gasteiger partial charge < -0.3 is 9.26 Å². The lowest BCUT2D eigenvalue weighted by Gasteiger charge is -2.72. The van der Waals surface area contributed by atoms with Crippen molar-refractivity contribution in [1.82, 2.24) is 5.16 Å². The number of fused-ring (bicyclic) bond motifs is 8. The molecule has 1 heterocycles. The van der Waals surface area contributed by atoms with Crippen molar-refractivity contribution < 1.29 is 32.0 Å². The molecule has 0 radical (unpaired) electrons. The van der Waals surface area contributed by atoms with Crippen LogP contribution in [0.5, 0.6) is 0 Å². The zero-order valence-corrected chi connectivity index (χ0v) is 25.7. The number of hydrogen-bond acceptors (Lipinski definition) is 5. The summed E-state index contributed by atoms with van der Waals surface area (Å²) in [7, 11) is 0. The van der Waals surface area contributed by atoms with Crippen LogP contribution in [-0.2, 0) is 26.2 Å². The molecule has 228 valence electrons. The second-order valence-electron chi connectivity index (χ2n) is 16.5. The lowest BCUT2D eigenvalue weighted by molar-refractivity contribution is -0.236. The molecule has 5 aliphatic carbocycles. The topological polar surface area (TPSA) is 69.4 Å². The minimum atomic E-state index is -4.58. The zero-order chi connectivity index (χ0) is 30.0. The Hall–Kier alpha value is -1.86. The van der Waals surface area contributed by atoms with Gasteiger partial charge in [0, 0.05) is 23.3 Å². The van der Waals surface area contributed by atoms with Gasteiger partial charge in [0.15, 0.2) is 6.61 Å². The Bertz CT molecular complexity index is 1270. The number of aromatic nitrogens is 1.